The van der Waals surface area contributed by atoms with Crippen LogP contribution in [0.1, 0.15) is 0 Å². The lowest BCUT2D eigenvalue weighted by molar-refractivity contribution is 0.478. The Labute approximate surface area is 175 Å². The van der Waals surface area contributed by atoms with E-state index in [4.69, 9.17) is 9.11 Å². The van der Waals surface area contributed by atoms with Gasteiger partial charge in [-0.05, 0) is 41.8 Å². The van der Waals surface area contributed by atoms with Crippen molar-refractivity contribution in [1.29, 1.82) is 0 Å². The maximum atomic E-state index is 11.5. The fraction of sp³-hybridized carbons (Fsp3) is 0. The van der Waals surface area contributed by atoms with Crippen LogP contribution in [0.2, 0.25) is 0 Å². The summed E-state index contributed by atoms with van der Waals surface area (Å²) < 4.78 is 95.8. The zero-order chi connectivity index (χ0) is 23.2. The first-order valence-electron chi connectivity index (χ1n) is 7.92. The normalized spacial score (nSPS) is 13.1. The Bertz CT molecular complexity index is 1560. The molecular formula is C16H12N2O10S3. The third-order valence-electron chi connectivity index (χ3n) is 4.01. The lowest BCUT2D eigenvalue weighted by Gasteiger charge is -2.06. The van der Waals surface area contributed by atoms with Crippen LogP contribution in [0, 0.1) is 0 Å². The molecule has 0 aliphatic carbocycles. The Kier molecular flexibility index (Phi) is 5.59. The minimum atomic E-state index is -4.85. The minimum absolute atomic E-state index is 0.0340. The van der Waals surface area contributed by atoms with Gasteiger partial charge in [0.1, 0.15) is 16.3 Å². The molecule has 0 aliphatic rings. The van der Waals surface area contributed by atoms with Crippen molar-refractivity contribution in [3.63, 3.8) is 0 Å². The highest BCUT2D eigenvalue weighted by Gasteiger charge is 2.20. The van der Waals surface area contributed by atoms with Crippen molar-refractivity contribution in [2.45, 2.75) is 14.7 Å². The first-order chi connectivity index (χ1) is 14.2. The molecule has 0 aromatic heterocycles. The van der Waals surface area contributed by atoms with Crippen molar-refractivity contribution in [3.05, 3.63) is 48.5 Å². The van der Waals surface area contributed by atoms with Crippen molar-refractivity contribution < 1.29 is 44.0 Å². The van der Waals surface area contributed by atoms with Gasteiger partial charge in [-0.25, -0.2) is 0 Å². The highest BCUT2D eigenvalue weighted by atomic mass is 32.2. The van der Waals surface area contributed by atoms with Gasteiger partial charge in [-0.1, -0.05) is 12.1 Å². The molecule has 12 nitrogen and oxygen atoms in total. The van der Waals surface area contributed by atoms with Gasteiger partial charge >= 0.3 is 0 Å². The van der Waals surface area contributed by atoms with Crippen LogP contribution in [0.4, 0.5) is 11.4 Å². The van der Waals surface area contributed by atoms with E-state index in [0.717, 1.165) is 18.2 Å². The van der Waals surface area contributed by atoms with Gasteiger partial charge in [-0.15, -0.1) is 10.2 Å². The summed E-state index contributed by atoms with van der Waals surface area (Å²) in [6.07, 6.45) is 0. The van der Waals surface area contributed by atoms with Crippen LogP contribution in [0.3, 0.4) is 0 Å². The standard InChI is InChI=1S/C16H12N2O10S3/c19-16-12-7-10(29(20,21)22)3-1-9(12)2-5-13(16)17-18-14-8-11(30(23,24)25)4-6-15(14)31(26,27)28/h1-8,19H,(H,20,21,22)(H,23,24,25)(H,26,27,28). The molecule has 0 unspecified atom stereocenters. The fourth-order valence-electron chi connectivity index (χ4n) is 2.57. The molecule has 0 aliphatic heterocycles. The Morgan fingerprint density at radius 3 is 1.71 bits per heavy atom. The summed E-state index contributed by atoms with van der Waals surface area (Å²) in [6.45, 7) is 0. The highest BCUT2D eigenvalue weighted by Crippen LogP contribution is 2.37. The summed E-state index contributed by atoms with van der Waals surface area (Å²) in [7, 11) is -14.1. The minimum Gasteiger partial charge on any atom is -0.505 e. The topological polar surface area (TPSA) is 208 Å². The number of phenolic OH excluding ortho intramolecular Hbond substituents is 1. The predicted molar refractivity (Wildman–Crippen MR) is 106 cm³/mol. The third-order valence-corrected chi connectivity index (χ3v) is 6.61. The summed E-state index contributed by atoms with van der Waals surface area (Å²) in [5.74, 6) is -0.578. The van der Waals surface area contributed by atoms with E-state index in [1.807, 2.05) is 0 Å². The zero-order valence-electron chi connectivity index (χ0n) is 15.0. The second kappa shape index (κ2) is 7.63. The van der Waals surface area contributed by atoms with E-state index in [2.05, 4.69) is 10.2 Å². The molecule has 0 heterocycles. The molecule has 31 heavy (non-hydrogen) atoms. The lowest BCUT2D eigenvalue weighted by Crippen LogP contribution is -2.02. The molecule has 0 atom stereocenters. The van der Waals surface area contributed by atoms with Crippen LogP contribution in [-0.2, 0) is 30.4 Å². The van der Waals surface area contributed by atoms with E-state index in [9.17, 15) is 34.9 Å². The summed E-state index contributed by atoms with van der Waals surface area (Å²) in [5.41, 5.74) is -0.942. The van der Waals surface area contributed by atoms with Gasteiger partial charge in [0.05, 0.1) is 9.79 Å². The first-order valence-corrected chi connectivity index (χ1v) is 12.2. The van der Waals surface area contributed by atoms with Gasteiger partial charge in [0.15, 0.2) is 5.75 Å². The van der Waals surface area contributed by atoms with Crippen LogP contribution in [0.15, 0.2) is 73.4 Å². The van der Waals surface area contributed by atoms with E-state index in [1.165, 1.54) is 18.2 Å². The van der Waals surface area contributed by atoms with Crippen molar-refractivity contribution in [3.8, 4) is 5.75 Å². The Morgan fingerprint density at radius 2 is 1.13 bits per heavy atom. The van der Waals surface area contributed by atoms with Crippen LogP contribution in [0.5, 0.6) is 5.75 Å². The van der Waals surface area contributed by atoms with Crippen LogP contribution in [0.25, 0.3) is 10.8 Å². The van der Waals surface area contributed by atoms with Crippen LogP contribution < -0.4 is 0 Å². The molecule has 0 spiro atoms. The molecule has 15 heteroatoms. The van der Waals surface area contributed by atoms with Crippen LogP contribution >= 0.6 is 0 Å². The molecule has 0 saturated heterocycles. The average molecular weight is 488 g/mol. The molecule has 0 amide bonds. The Balaban J connectivity index is 2.18. The molecule has 0 bridgehead atoms. The van der Waals surface area contributed by atoms with Crippen molar-refractivity contribution in [1.82, 2.24) is 0 Å². The fourth-order valence-corrected chi connectivity index (χ4v) is 4.19. The molecular weight excluding hydrogens is 476 g/mol. The molecule has 4 N–H and O–H groups in total. The number of hydrogen-bond acceptors (Lipinski definition) is 9. The second-order valence-electron chi connectivity index (χ2n) is 6.07. The number of hydrogen-bond donors (Lipinski definition) is 4. The number of azo groups is 1. The summed E-state index contributed by atoms with van der Waals surface area (Å²) in [6, 6.07) is 8.09. The third kappa shape index (κ3) is 4.87. The molecule has 0 fully saturated rings. The monoisotopic (exact) mass is 488 g/mol. The van der Waals surface area contributed by atoms with Gasteiger partial charge in [0.2, 0.25) is 0 Å². The largest absolute Gasteiger partial charge is 0.505 e. The summed E-state index contributed by atoms with van der Waals surface area (Å²) in [5, 5.41) is 17.9. The number of rotatable bonds is 5. The van der Waals surface area contributed by atoms with E-state index < -0.39 is 56.5 Å². The lowest BCUT2D eigenvalue weighted by atomic mass is 10.1. The number of phenols is 1. The molecule has 3 aromatic rings. The maximum absolute atomic E-state index is 11.5. The van der Waals surface area contributed by atoms with Crippen molar-refractivity contribution in [2.24, 2.45) is 10.2 Å². The first kappa shape index (κ1) is 22.7. The Hall–Kier alpha value is -2.95. The summed E-state index contributed by atoms with van der Waals surface area (Å²) in [4.78, 5) is -2.05. The number of benzene rings is 3. The quantitative estimate of drug-likeness (QED) is 0.305. The van der Waals surface area contributed by atoms with E-state index in [0.29, 0.717) is 17.5 Å². The number of fused-ring (bicyclic) bond motifs is 1. The van der Waals surface area contributed by atoms with Crippen molar-refractivity contribution in [2.75, 3.05) is 0 Å². The summed E-state index contributed by atoms with van der Waals surface area (Å²) >= 11 is 0. The molecule has 164 valence electrons. The molecule has 3 aromatic carbocycles. The van der Waals surface area contributed by atoms with E-state index in [-0.39, 0.29) is 11.1 Å². The van der Waals surface area contributed by atoms with E-state index >= 15 is 0 Å². The maximum Gasteiger partial charge on any atom is 0.296 e. The van der Waals surface area contributed by atoms with E-state index in [1.54, 1.807) is 0 Å². The van der Waals surface area contributed by atoms with Crippen LogP contribution in [-0.4, -0.2) is 44.0 Å². The predicted octanol–water partition coefficient (Wildman–Crippen LogP) is 2.70. The Morgan fingerprint density at radius 1 is 0.613 bits per heavy atom. The van der Waals surface area contributed by atoms with Gasteiger partial charge in [-0.3, -0.25) is 13.7 Å². The zero-order valence-corrected chi connectivity index (χ0v) is 17.4. The SMILES string of the molecule is O=S(=O)(O)c1ccc(S(=O)(=O)O)c(N=Nc2ccc3ccc(S(=O)(=O)O)cc3c2O)c1. The van der Waals surface area contributed by atoms with Gasteiger partial charge in [0, 0.05) is 5.39 Å². The smallest absolute Gasteiger partial charge is 0.296 e. The van der Waals surface area contributed by atoms with Crippen molar-refractivity contribution >= 4 is 52.5 Å². The molecule has 0 saturated carbocycles. The van der Waals surface area contributed by atoms with Gasteiger partial charge in [0.25, 0.3) is 30.4 Å². The van der Waals surface area contributed by atoms with Gasteiger partial charge in [-0.2, -0.15) is 25.3 Å². The molecule has 0 radical (unpaired) electrons. The van der Waals surface area contributed by atoms with Gasteiger partial charge < -0.3 is 5.11 Å². The second-order valence-corrected chi connectivity index (χ2v) is 10.3. The number of aromatic hydroxyl groups is 1. The average Bonchev–Trinajstić information content (AvgIpc) is 2.65. The highest BCUT2D eigenvalue weighted by molar-refractivity contribution is 7.86. The molecule has 3 rings (SSSR count). The number of nitrogens with zero attached hydrogens (tertiary/aromatic N) is 2.